The molecule has 190 valence electrons. The molecule has 3 aliphatic heterocycles. The first-order valence-corrected chi connectivity index (χ1v) is 12.6. The number of ether oxygens (including phenoxy) is 1. The molecule has 0 radical (unpaired) electrons. The van der Waals surface area contributed by atoms with Gasteiger partial charge in [-0.25, -0.2) is 4.98 Å². The maximum Gasteiger partial charge on any atom is 0.329 e. The minimum absolute atomic E-state index is 0.150. The summed E-state index contributed by atoms with van der Waals surface area (Å²) in [5.74, 6) is 1.02. The second-order valence-corrected chi connectivity index (χ2v) is 10.9. The Hall–Kier alpha value is -3.60. The number of carbonyl (C=O) groups excluding carboxylic acids is 2. The van der Waals surface area contributed by atoms with Crippen molar-refractivity contribution in [3.63, 3.8) is 0 Å². The van der Waals surface area contributed by atoms with Crippen molar-refractivity contribution in [1.29, 1.82) is 0 Å². The molecule has 3 aliphatic rings. The number of hydrogen-bond acceptors (Lipinski definition) is 10. The van der Waals surface area contributed by atoms with Crippen molar-refractivity contribution in [2.45, 2.75) is 38.2 Å². The summed E-state index contributed by atoms with van der Waals surface area (Å²) < 4.78 is 5.93. The van der Waals surface area contributed by atoms with E-state index in [-0.39, 0.29) is 5.91 Å². The van der Waals surface area contributed by atoms with Crippen LogP contribution in [-0.2, 0) is 14.4 Å². The summed E-state index contributed by atoms with van der Waals surface area (Å²) in [5, 5.41) is 8.04. The average Bonchev–Trinajstić information content (AvgIpc) is 3.15. The number of fused-ring (bicyclic) bond motifs is 1. The van der Waals surface area contributed by atoms with Crippen LogP contribution in [0.25, 0.3) is 0 Å². The molecule has 0 spiro atoms. The van der Waals surface area contributed by atoms with Crippen LogP contribution < -0.4 is 25.2 Å². The van der Waals surface area contributed by atoms with E-state index in [1.807, 2.05) is 63.2 Å². The van der Waals surface area contributed by atoms with Crippen molar-refractivity contribution in [3.05, 3.63) is 47.1 Å². The van der Waals surface area contributed by atoms with Crippen molar-refractivity contribution in [3.8, 4) is 5.75 Å². The molecule has 1 aromatic carbocycles. The number of nitrogens with one attached hydrogen (secondary N) is 2. The van der Waals surface area contributed by atoms with Gasteiger partial charge in [-0.05, 0) is 44.2 Å². The highest BCUT2D eigenvalue weighted by Crippen LogP contribution is 2.48. The Morgan fingerprint density at radius 2 is 2.06 bits per heavy atom. The van der Waals surface area contributed by atoms with E-state index in [1.165, 1.54) is 18.7 Å². The van der Waals surface area contributed by atoms with Crippen molar-refractivity contribution in [2.24, 2.45) is 0 Å². The molecular weight excluding hydrogens is 480 g/mol. The Balaban J connectivity index is 1.45. The quantitative estimate of drug-likeness (QED) is 0.623. The molecule has 1 amide bonds. The fourth-order valence-electron chi connectivity index (χ4n) is 4.49. The van der Waals surface area contributed by atoms with E-state index in [2.05, 4.69) is 20.5 Å². The molecule has 0 saturated carbocycles. The van der Waals surface area contributed by atoms with Gasteiger partial charge >= 0.3 is 5.97 Å². The third-order valence-electron chi connectivity index (χ3n) is 6.07. The van der Waals surface area contributed by atoms with Gasteiger partial charge in [-0.3, -0.25) is 9.59 Å². The standard InChI is InChI=1S/C25H30N6O4S/c1-15(32)35-31-19-13-25(2,3)28-23(33)22(19)36-24(31)30-10-11-34-20-8-6-16(12-18(20)30)27-17-7-9-21(26-14-17)29(4)5/h6-9,12,14,24,27H,10-11,13H2,1-5H3,(H,28,33). The van der Waals surface area contributed by atoms with Gasteiger partial charge in [0.25, 0.3) is 5.91 Å². The Bertz CT molecular complexity index is 1230. The fourth-order valence-corrected chi connectivity index (χ4v) is 5.77. The Kier molecular flexibility index (Phi) is 6.11. The fraction of sp³-hybridized carbons (Fsp3) is 0.400. The highest BCUT2D eigenvalue weighted by molar-refractivity contribution is 8.04. The zero-order valence-corrected chi connectivity index (χ0v) is 21.8. The monoisotopic (exact) mass is 510 g/mol. The van der Waals surface area contributed by atoms with Gasteiger partial charge in [0.05, 0.1) is 34.7 Å². The summed E-state index contributed by atoms with van der Waals surface area (Å²) in [5.41, 5.74) is 2.41. The molecule has 4 heterocycles. The molecule has 10 nitrogen and oxygen atoms in total. The predicted molar refractivity (Wildman–Crippen MR) is 140 cm³/mol. The van der Waals surface area contributed by atoms with E-state index in [9.17, 15) is 9.59 Å². The van der Waals surface area contributed by atoms with E-state index in [0.717, 1.165) is 34.3 Å². The zero-order valence-electron chi connectivity index (χ0n) is 21.0. The summed E-state index contributed by atoms with van der Waals surface area (Å²) in [7, 11) is 3.90. The Morgan fingerprint density at radius 1 is 1.28 bits per heavy atom. The van der Waals surface area contributed by atoms with Crippen LogP contribution in [0.1, 0.15) is 27.2 Å². The molecule has 0 saturated heterocycles. The lowest BCUT2D eigenvalue weighted by Gasteiger charge is -2.40. The van der Waals surface area contributed by atoms with E-state index in [0.29, 0.717) is 24.5 Å². The van der Waals surface area contributed by atoms with E-state index in [4.69, 9.17) is 9.57 Å². The highest BCUT2D eigenvalue weighted by Gasteiger charge is 2.47. The first kappa shape index (κ1) is 24.1. The van der Waals surface area contributed by atoms with Gasteiger partial charge in [0.2, 0.25) is 0 Å². The van der Waals surface area contributed by atoms with E-state index < -0.39 is 17.0 Å². The number of amides is 1. The third kappa shape index (κ3) is 4.62. The number of anilines is 4. The van der Waals surface area contributed by atoms with Crippen molar-refractivity contribution < 1.29 is 19.2 Å². The number of nitrogens with zero attached hydrogens (tertiary/aromatic N) is 4. The van der Waals surface area contributed by atoms with E-state index in [1.54, 1.807) is 11.3 Å². The molecule has 1 aromatic heterocycles. The van der Waals surface area contributed by atoms with Crippen LogP contribution in [0.3, 0.4) is 0 Å². The molecule has 0 bridgehead atoms. The Morgan fingerprint density at radius 3 is 2.75 bits per heavy atom. The van der Waals surface area contributed by atoms with Crippen LogP contribution >= 0.6 is 11.8 Å². The summed E-state index contributed by atoms with van der Waals surface area (Å²) in [4.78, 5) is 39.7. The lowest BCUT2D eigenvalue weighted by atomic mass is 9.94. The summed E-state index contributed by atoms with van der Waals surface area (Å²) in [6.45, 7) is 6.33. The lowest BCUT2D eigenvalue weighted by molar-refractivity contribution is -0.182. The molecule has 0 aliphatic carbocycles. The number of thioether (sulfide) groups is 1. The molecular formula is C25H30N6O4S. The average molecular weight is 511 g/mol. The summed E-state index contributed by atoms with van der Waals surface area (Å²) in [6.07, 6.45) is 2.34. The second kappa shape index (κ2) is 9.12. The first-order valence-electron chi connectivity index (χ1n) is 11.8. The summed E-state index contributed by atoms with van der Waals surface area (Å²) >= 11 is 1.39. The normalized spacial score (nSPS) is 20.2. The van der Waals surface area contributed by atoms with Crippen LogP contribution in [0.5, 0.6) is 5.75 Å². The third-order valence-corrected chi connectivity index (χ3v) is 7.38. The molecule has 2 N–H and O–H groups in total. The first-order chi connectivity index (χ1) is 17.1. The van der Waals surface area contributed by atoms with Gasteiger partial charge in [-0.2, -0.15) is 5.06 Å². The number of benzene rings is 1. The molecule has 5 rings (SSSR count). The van der Waals surface area contributed by atoms with Crippen molar-refractivity contribution in [2.75, 3.05) is 42.4 Å². The molecule has 1 unspecified atom stereocenters. The number of carbonyl (C=O) groups is 2. The van der Waals surface area contributed by atoms with Crippen LogP contribution in [0.2, 0.25) is 0 Å². The van der Waals surface area contributed by atoms with Crippen LogP contribution in [0.4, 0.5) is 22.9 Å². The SMILES string of the molecule is CC(=O)ON1C2=C(SC1N1CCOc3ccc(Nc4ccc(N(C)C)nc4)cc31)C(=O)NC(C)(C)C2. The Labute approximate surface area is 214 Å². The minimum atomic E-state index is -0.445. The van der Waals surface area contributed by atoms with E-state index >= 15 is 0 Å². The predicted octanol–water partition coefficient (Wildman–Crippen LogP) is 3.41. The van der Waals surface area contributed by atoms with Crippen molar-refractivity contribution >= 4 is 46.5 Å². The molecule has 36 heavy (non-hydrogen) atoms. The molecule has 0 fully saturated rings. The topological polar surface area (TPSA) is 99.3 Å². The number of pyridine rings is 1. The van der Waals surface area contributed by atoms with Gasteiger partial charge in [-0.15, -0.1) is 0 Å². The van der Waals surface area contributed by atoms with Gasteiger partial charge < -0.3 is 30.0 Å². The van der Waals surface area contributed by atoms with Crippen LogP contribution in [0, 0.1) is 0 Å². The smallest absolute Gasteiger partial charge is 0.329 e. The van der Waals surface area contributed by atoms with Gasteiger partial charge in [0, 0.05) is 38.7 Å². The van der Waals surface area contributed by atoms with Gasteiger partial charge in [0.1, 0.15) is 18.2 Å². The lowest BCUT2D eigenvalue weighted by Crippen LogP contribution is -2.50. The van der Waals surface area contributed by atoms with Gasteiger partial charge in [0.15, 0.2) is 5.50 Å². The molecule has 2 aromatic rings. The number of rotatable bonds is 5. The van der Waals surface area contributed by atoms with Crippen LogP contribution in [-0.4, -0.2) is 60.2 Å². The molecule has 11 heteroatoms. The maximum atomic E-state index is 12.9. The summed E-state index contributed by atoms with van der Waals surface area (Å²) in [6, 6.07) is 9.80. The van der Waals surface area contributed by atoms with Crippen LogP contribution in [0.15, 0.2) is 47.1 Å². The minimum Gasteiger partial charge on any atom is -0.490 e. The van der Waals surface area contributed by atoms with Gasteiger partial charge in [-0.1, -0.05) is 11.8 Å². The zero-order chi connectivity index (χ0) is 25.6. The number of hydrogen-bond donors (Lipinski definition) is 2. The largest absolute Gasteiger partial charge is 0.490 e. The second-order valence-electron chi connectivity index (χ2n) is 9.79. The van der Waals surface area contributed by atoms with Crippen molar-refractivity contribution in [1.82, 2.24) is 15.4 Å². The number of aromatic nitrogens is 1. The number of hydroxylamine groups is 2. The highest BCUT2D eigenvalue weighted by atomic mass is 32.2. The molecule has 1 atom stereocenters. The maximum absolute atomic E-state index is 12.9.